The highest BCUT2D eigenvalue weighted by Crippen LogP contribution is 2.45. The van der Waals surface area contributed by atoms with Crippen LogP contribution in [-0.4, -0.2) is 9.55 Å². The van der Waals surface area contributed by atoms with E-state index in [0.717, 1.165) is 55.2 Å². The van der Waals surface area contributed by atoms with Crippen LogP contribution in [0.3, 0.4) is 0 Å². The Morgan fingerprint density at radius 1 is 0.600 bits per heavy atom. The van der Waals surface area contributed by atoms with Gasteiger partial charge in [0.1, 0.15) is 5.82 Å². The third-order valence-electron chi connectivity index (χ3n) is 7.57. The van der Waals surface area contributed by atoms with Crippen LogP contribution in [0.4, 0.5) is 0 Å². The van der Waals surface area contributed by atoms with Crippen LogP contribution in [-0.2, 0) is 0 Å². The molecule has 0 aliphatic rings. The van der Waals surface area contributed by atoms with Crippen molar-refractivity contribution in [1.29, 1.82) is 0 Å². The average molecular weight is 518 g/mol. The van der Waals surface area contributed by atoms with Crippen LogP contribution in [0.5, 0.6) is 0 Å². The monoisotopic (exact) mass is 517 g/mol. The molecule has 188 valence electrons. The normalized spacial score (nSPS) is 14.1. The molecule has 0 atom stereocenters. The lowest BCUT2D eigenvalue weighted by molar-refractivity contribution is 1.00. The van der Waals surface area contributed by atoms with Gasteiger partial charge < -0.3 is 0 Å². The smallest absolute Gasteiger partial charge is 0.111 e. The SMILES string of the molecule is [2H]c1c([2H])c([2H])c2c([2H])c(-c3c4ccccc4c(-c4ccccc4-n4c(C)nc5ccccc54)c4ccccc34)c([2H])c([2H])c2c1[2H]. The predicted octanol–water partition coefficient (Wildman–Crippen LogP) is 10.1. The third-order valence-corrected chi connectivity index (χ3v) is 7.57. The van der Waals surface area contributed by atoms with E-state index in [2.05, 4.69) is 22.8 Å². The highest BCUT2D eigenvalue weighted by molar-refractivity contribution is 6.22. The van der Waals surface area contributed by atoms with Crippen molar-refractivity contribution < 1.29 is 9.60 Å². The maximum atomic E-state index is 9.35. The first kappa shape index (κ1) is 16.7. The minimum absolute atomic E-state index is 0.0583. The Morgan fingerprint density at radius 3 is 1.95 bits per heavy atom. The predicted molar refractivity (Wildman–Crippen MR) is 169 cm³/mol. The number of nitrogens with zero attached hydrogens (tertiary/aromatic N) is 2. The number of hydrogen-bond donors (Lipinski definition) is 0. The van der Waals surface area contributed by atoms with E-state index in [1.54, 1.807) is 0 Å². The van der Waals surface area contributed by atoms with Crippen molar-refractivity contribution in [3.8, 4) is 27.9 Å². The molecular weight excluding hydrogens is 484 g/mol. The van der Waals surface area contributed by atoms with Gasteiger partial charge in [-0.15, -0.1) is 0 Å². The minimum atomic E-state index is -0.484. The molecule has 1 heterocycles. The molecule has 0 radical (unpaired) electrons. The van der Waals surface area contributed by atoms with E-state index in [4.69, 9.17) is 11.8 Å². The maximum absolute atomic E-state index is 9.35. The van der Waals surface area contributed by atoms with Gasteiger partial charge in [0.15, 0.2) is 0 Å². The van der Waals surface area contributed by atoms with Crippen LogP contribution < -0.4 is 0 Å². The van der Waals surface area contributed by atoms with Crippen LogP contribution >= 0.6 is 0 Å². The van der Waals surface area contributed by atoms with Gasteiger partial charge in [0.2, 0.25) is 0 Å². The number of para-hydroxylation sites is 3. The van der Waals surface area contributed by atoms with Crippen LogP contribution in [0.25, 0.3) is 71.3 Å². The Morgan fingerprint density at radius 2 is 1.20 bits per heavy atom. The zero-order valence-electron chi connectivity index (χ0n) is 28.6. The molecule has 0 unspecified atom stereocenters. The summed E-state index contributed by atoms with van der Waals surface area (Å²) >= 11 is 0. The van der Waals surface area contributed by atoms with Crippen molar-refractivity contribution in [1.82, 2.24) is 9.55 Å². The fourth-order valence-corrected chi connectivity index (χ4v) is 5.92. The van der Waals surface area contributed by atoms with E-state index < -0.39 is 18.1 Å². The molecule has 8 rings (SSSR count). The Bertz CT molecular complexity index is 2570. The molecule has 0 bridgehead atoms. The molecule has 2 nitrogen and oxygen atoms in total. The maximum Gasteiger partial charge on any atom is 0.111 e. The minimum Gasteiger partial charge on any atom is -0.296 e. The molecule has 0 saturated heterocycles. The van der Waals surface area contributed by atoms with E-state index in [-0.39, 0.29) is 40.5 Å². The second-order valence-electron chi connectivity index (χ2n) is 9.84. The standard InChI is InChI=1S/C38H26N2/c1-25-39-34-19-9-11-21-36(34)40(25)35-20-10-8-18-33(35)38-31-16-6-4-14-29(31)37(30-15-5-7-17-32(30)38)28-23-22-26-12-2-3-13-27(26)24-28/h2-24H,1H3/i2D,3D,12D,13D,22D,23D,24D. The zero-order chi connectivity index (χ0) is 32.7. The van der Waals surface area contributed by atoms with Crippen molar-refractivity contribution in [3.63, 3.8) is 0 Å². The summed E-state index contributed by atoms with van der Waals surface area (Å²) in [6, 6.07) is 29.4. The number of aromatic nitrogens is 2. The van der Waals surface area contributed by atoms with Gasteiger partial charge in [0, 0.05) is 5.56 Å². The number of rotatable bonds is 3. The summed E-state index contributed by atoms with van der Waals surface area (Å²) in [5.41, 5.74) is 5.54. The molecule has 40 heavy (non-hydrogen) atoms. The largest absolute Gasteiger partial charge is 0.296 e. The Kier molecular flexibility index (Phi) is 3.72. The highest BCUT2D eigenvalue weighted by atomic mass is 15.1. The fourth-order valence-electron chi connectivity index (χ4n) is 5.92. The van der Waals surface area contributed by atoms with E-state index in [1.165, 1.54) is 0 Å². The van der Waals surface area contributed by atoms with Gasteiger partial charge in [-0.05, 0) is 80.2 Å². The Balaban J connectivity index is 1.54. The first-order valence-corrected chi connectivity index (χ1v) is 13.2. The molecule has 0 aliphatic heterocycles. The second-order valence-corrected chi connectivity index (χ2v) is 9.84. The lowest BCUT2D eigenvalue weighted by atomic mass is 9.85. The van der Waals surface area contributed by atoms with Crippen LogP contribution in [0.2, 0.25) is 0 Å². The molecule has 8 aromatic rings. The molecule has 0 aliphatic carbocycles. The van der Waals surface area contributed by atoms with Gasteiger partial charge in [0.25, 0.3) is 0 Å². The Hall–Kier alpha value is -5.21. The quantitative estimate of drug-likeness (QED) is 0.213. The first-order valence-electron chi connectivity index (χ1n) is 16.7. The summed E-state index contributed by atoms with van der Waals surface area (Å²) in [4.78, 5) is 4.83. The van der Waals surface area contributed by atoms with E-state index in [9.17, 15) is 2.74 Å². The lowest BCUT2D eigenvalue weighted by Crippen LogP contribution is -2.00. The molecule has 1 aromatic heterocycles. The van der Waals surface area contributed by atoms with Crippen molar-refractivity contribution in [2.45, 2.75) is 6.92 Å². The number of fused-ring (bicyclic) bond motifs is 4. The van der Waals surface area contributed by atoms with Crippen LogP contribution in [0, 0.1) is 6.92 Å². The van der Waals surface area contributed by atoms with E-state index in [1.807, 2.05) is 85.8 Å². The summed E-state index contributed by atoms with van der Waals surface area (Å²) < 4.78 is 63.2. The van der Waals surface area contributed by atoms with E-state index >= 15 is 0 Å². The van der Waals surface area contributed by atoms with Gasteiger partial charge in [-0.25, -0.2) is 4.98 Å². The van der Waals surface area contributed by atoms with Gasteiger partial charge >= 0.3 is 0 Å². The summed E-state index contributed by atoms with van der Waals surface area (Å²) in [7, 11) is 0. The van der Waals surface area contributed by atoms with Gasteiger partial charge in [-0.3, -0.25) is 4.57 Å². The van der Waals surface area contributed by atoms with Gasteiger partial charge in [-0.1, -0.05) is 115 Å². The van der Waals surface area contributed by atoms with Crippen molar-refractivity contribution in [2.75, 3.05) is 0 Å². The summed E-state index contributed by atoms with van der Waals surface area (Å²) in [5.74, 6) is 0.852. The third kappa shape index (κ3) is 3.40. The molecule has 0 fully saturated rings. The van der Waals surface area contributed by atoms with Crippen molar-refractivity contribution >= 4 is 43.4 Å². The molecule has 0 spiro atoms. The van der Waals surface area contributed by atoms with Crippen LogP contribution in [0.15, 0.2) is 139 Å². The fraction of sp³-hybridized carbons (Fsp3) is 0.0263. The molecule has 0 amide bonds. The molecular formula is C38H26N2. The topological polar surface area (TPSA) is 17.8 Å². The number of hydrogen-bond acceptors (Lipinski definition) is 1. The molecule has 2 heteroatoms. The number of benzene rings is 7. The molecule has 7 aromatic carbocycles. The first-order chi connectivity index (χ1) is 22.7. The van der Waals surface area contributed by atoms with Crippen LogP contribution in [0.1, 0.15) is 15.4 Å². The molecule has 0 saturated carbocycles. The van der Waals surface area contributed by atoms with Gasteiger partial charge in [-0.2, -0.15) is 0 Å². The zero-order valence-corrected chi connectivity index (χ0v) is 21.6. The number of aryl methyl sites for hydroxylation is 1. The van der Waals surface area contributed by atoms with Crippen molar-refractivity contribution in [3.05, 3.63) is 145 Å². The second kappa shape index (κ2) is 8.93. The van der Waals surface area contributed by atoms with Gasteiger partial charge in [0.05, 0.1) is 26.3 Å². The molecule has 0 N–H and O–H groups in total. The lowest BCUT2D eigenvalue weighted by Gasteiger charge is -2.20. The summed E-state index contributed by atoms with van der Waals surface area (Å²) in [5, 5.41) is 3.13. The van der Waals surface area contributed by atoms with E-state index in [0.29, 0.717) is 5.56 Å². The average Bonchev–Trinajstić information content (AvgIpc) is 3.43. The highest BCUT2D eigenvalue weighted by Gasteiger charge is 2.20. The summed E-state index contributed by atoms with van der Waals surface area (Å²) in [6.45, 7) is 1.99. The Labute approximate surface area is 242 Å². The van der Waals surface area contributed by atoms with Crippen molar-refractivity contribution in [2.24, 2.45) is 0 Å². The summed E-state index contributed by atoms with van der Waals surface area (Å²) in [6.07, 6.45) is 0. The number of imidazole rings is 1.